The molecule has 0 aliphatic carbocycles. The van der Waals surface area contributed by atoms with Crippen molar-refractivity contribution in [3.63, 3.8) is 0 Å². The van der Waals surface area contributed by atoms with Crippen LogP contribution in [-0.2, 0) is 0 Å². The average molecular weight is 366 g/mol. The van der Waals surface area contributed by atoms with Gasteiger partial charge in [-0.05, 0) is 19.1 Å². The number of nitrogens with zero attached hydrogens (tertiary/aromatic N) is 2. The smallest absolute Gasteiger partial charge is 0.295 e. The van der Waals surface area contributed by atoms with Crippen molar-refractivity contribution in [3.05, 3.63) is 67.2 Å². The van der Waals surface area contributed by atoms with Gasteiger partial charge in [0.2, 0.25) is 0 Å². The van der Waals surface area contributed by atoms with Crippen LogP contribution in [0.5, 0.6) is 5.75 Å². The van der Waals surface area contributed by atoms with Crippen LogP contribution in [0.1, 0.15) is 17.3 Å². The van der Waals surface area contributed by atoms with E-state index in [1.165, 1.54) is 0 Å². The van der Waals surface area contributed by atoms with E-state index in [-0.39, 0.29) is 5.56 Å². The Morgan fingerprint density at radius 3 is 2.24 bits per heavy atom. The summed E-state index contributed by atoms with van der Waals surface area (Å²) < 4.78 is 5.36. The van der Waals surface area contributed by atoms with Gasteiger partial charge in [-0.3, -0.25) is 25.0 Å². The van der Waals surface area contributed by atoms with E-state index in [1.54, 1.807) is 31.2 Å². The van der Waals surface area contributed by atoms with Gasteiger partial charge < -0.3 is 10.1 Å². The fourth-order valence-corrected chi connectivity index (χ4v) is 2.28. The van der Waals surface area contributed by atoms with Crippen LogP contribution in [0.4, 0.5) is 17.1 Å². The van der Waals surface area contributed by atoms with Crippen molar-refractivity contribution in [1.29, 1.82) is 0 Å². The number of hydrogen-bond acceptors (Lipinski definition) is 6. The molecule has 0 aliphatic rings. The quantitative estimate of drug-likeness (QED) is 0.613. The van der Waals surface area contributed by atoms with Gasteiger partial charge in [-0.2, -0.15) is 0 Å². The molecule has 2 aromatic carbocycles. The molecule has 130 valence electrons. The van der Waals surface area contributed by atoms with Gasteiger partial charge in [0.15, 0.2) is 5.02 Å². The topological polar surface area (TPSA) is 125 Å². The van der Waals surface area contributed by atoms with E-state index in [0.29, 0.717) is 18.0 Å². The number of benzene rings is 2. The maximum Gasteiger partial charge on any atom is 0.295 e. The van der Waals surface area contributed by atoms with Crippen LogP contribution in [0.2, 0.25) is 5.02 Å². The summed E-state index contributed by atoms with van der Waals surface area (Å²) in [6.07, 6.45) is 0. The summed E-state index contributed by atoms with van der Waals surface area (Å²) in [6.45, 7) is 2.13. The summed E-state index contributed by atoms with van der Waals surface area (Å²) >= 11 is 5.67. The molecule has 1 N–H and O–H groups in total. The molecule has 0 aromatic heterocycles. The Balaban J connectivity index is 2.43. The number of amides is 1. The zero-order valence-corrected chi connectivity index (χ0v) is 13.6. The maximum atomic E-state index is 12.4. The molecular formula is C15H12ClN3O6. The van der Waals surface area contributed by atoms with Gasteiger partial charge in [0.25, 0.3) is 17.3 Å². The predicted octanol–water partition coefficient (Wildman–Crippen LogP) is 3.81. The lowest BCUT2D eigenvalue weighted by molar-refractivity contribution is -0.393. The summed E-state index contributed by atoms with van der Waals surface area (Å²) in [4.78, 5) is 32.6. The molecule has 0 bridgehead atoms. The first-order chi connectivity index (χ1) is 11.8. The molecule has 2 rings (SSSR count). The van der Waals surface area contributed by atoms with E-state index in [9.17, 15) is 25.0 Å². The molecule has 0 saturated heterocycles. The number of nitro groups is 2. The Kier molecular flexibility index (Phi) is 5.50. The molecule has 10 heteroatoms. The molecule has 0 atom stereocenters. The normalized spacial score (nSPS) is 10.2. The third-order valence-corrected chi connectivity index (χ3v) is 3.51. The Hall–Kier alpha value is -3.20. The minimum Gasteiger partial charge on any atom is -0.492 e. The molecule has 0 saturated carbocycles. The molecule has 0 unspecified atom stereocenters. The summed E-state index contributed by atoms with van der Waals surface area (Å²) in [5.41, 5.74) is -1.39. The van der Waals surface area contributed by atoms with Crippen molar-refractivity contribution in [1.82, 2.24) is 0 Å². The van der Waals surface area contributed by atoms with Crippen LogP contribution < -0.4 is 10.1 Å². The highest BCUT2D eigenvalue weighted by atomic mass is 35.5. The van der Waals surface area contributed by atoms with Gasteiger partial charge in [-0.25, -0.2) is 0 Å². The third-order valence-electron chi connectivity index (χ3n) is 3.12. The first-order valence-electron chi connectivity index (χ1n) is 7.00. The van der Waals surface area contributed by atoms with Crippen LogP contribution >= 0.6 is 11.6 Å². The fraction of sp³-hybridized carbons (Fsp3) is 0.133. The molecule has 25 heavy (non-hydrogen) atoms. The predicted molar refractivity (Wildman–Crippen MR) is 90.3 cm³/mol. The summed E-state index contributed by atoms with van der Waals surface area (Å²) in [7, 11) is 0. The number of para-hydroxylation sites is 2. The second kappa shape index (κ2) is 7.58. The highest BCUT2D eigenvalue weighted by Gasteiger charge is 2.27. The number of carbonyl (C=O) groups is 1. The molecule has 9 nitrogen and oxygen atoms in total. The Morgan fingerprint density at radius 1 is 1.16 bits per heavy atom. The summed E-state index contributed by atoms with van der Waals surface area (Å²) in [5, 5.41) is 23.9. The van der Waals surface area contributed by atoms with E-state index in [4.69, 9.17) is 16.3 Å². The average Bonchev–Trinajstić information content (AvgIpc) is 2.56. The first-order valence-corrected chi connectivity index (χ1v) is 7.38. The highest BCUT2D eigenvalue weighted by Crippen LogP contribution is 2.35. The molecule has 1 amide bonds. The van der Waals surface area contributed by atoms with E-state index >= 15 is 0 Å². The number of hydrogen-bond donors (Lipinski definition) is 1. The van der Waals surface area contributed by atoms with Gasteiger partial charge in [0, 0.05) is 12.1 Å². The van der Waals surface area contributed by atoms with Crippen LogP contribution in [0.3, 0.4) is 0 Å². The van der Waals surface area contributed by atoms with Gasteiger partial charge in [0.1, 0.15) is 5.75 Å². The standard InChI is InChI=1S/C15H12ClN3O6/c1-2-25-13-6-4-3-5-10(13)17-15(20)9-7-11(18(21)22)14(16)12(8-9)19(23)24/h3-8H,2H2,1H3,(H,17,20). The van der Waals surface area contributed by atoms with Crippen molar-refractivity contribution in [2.45, 2.75) is 6.92 Å². The van der Waals surface area contributed by atoms with Crippen molar-refractivity contribution in [2.24, 2.45) is 0 Å². The van der Waals surface area contributed by atoms with E-state index in [0.717, 1.165) is 12.1 Å². The van der Waals surface area contributed by atoms with Crippen molar-refractivity contribution < 1.29 is 19.4 Å². The van der Waals surface area contributed by atoms with Crippen molar-refractivity contribution >= 4 is 34.6 Å². The van der Waals surface area contributed by atoms with Gasteiger partial charge >= 0.3 is 0 Å². The first kappa shape index (κ1) is 18.1. The second-order valence-corrected chi connectivity index (χ2v) is 5.10. The van der Waals surface area contributed by atoms with E-state index < -0.39 is 32.2 Å². The number of anilines is 1. The zero-order chi connectivity index (χ0) is 18.6. The lowest BCUT2D eigenvalue weighted by Crippen LogP contribution is -2.14. The van der Waals surface area contributed by atoms with E-state index in [2.05, 4.69) is 5.32 Å². The molecule has 0 heterocycles. The van der Waals surface area contributed by atoms with Gasteiger partial charge in [0.05, 0.1) is 27.7 Å². The van der Waals surface area contributed by atoms with E-state index in [1.807, 2.05) is 0 Å². The molecule has 0 spiro atoms. The van der Waals surface area contributed by atoms with Crippen LogP contribution in [-0.4, -0.2) is 22.4 Å². The third kappa shape index (κ3) is 4.01. The molecule has 0 aliphatic heterocycles. The van der Waals surface area contributed by atoms with Gasteiger partial charge in [-0.15, -0.1) is 0 Å². The highest BCUT2D eigenvalue weighted by molar-refractivity contribution is 6.35. The summed E-state index contributed by atoms with van der Waals surface area (Å²) in [6, 6.07) is 8.33. The second-order valence-electron chi connectivity index (χ2n) is 4.73. The Labute approximate surface area is 146 Å². The van der Waals surface area contributed by atoms with Crippen molar-refractivity contribution in [3.8, 4) is 5.75 Å². The maximum absolute atomic E-state index is 12.4. The lowest BCUT2D eigenvalue weighted by atomic mass is 10.1. The fourth-order valence-electron chi connectivity index (χ4n) is 2.04. The molecule has 0 radical (unpaired) electrons. The monoisotopic (exact) mass is 365 g/mol. The molecule has 2 aromatic rings. The molecular weight excluding hydrogens is 354 g/mol. The number of nitro benzene ring substituents is 2. The number of nitrogens with one attached hydrogen (secondary N) is 1. The Morgan fingerprint density at radius 2 is 1.72 bits per heavy atom. The molecule has 0 fully saturated rings. The van der Waals surface area contributed by atoms with Crippen LogP contribution in [0.15, 0.2) is 36.4 Å². The largest absolute Gasteiger partial charge is 0.492 e. The van der Waals surface area contributed by atoms with Crippen molar-refractivity contribution in [2.75, 3.05) is 11.9 Å². The number of halogens is 1. The summed E-state index contributed by atoms with van der Waals surface area (Å²) in [5.74, 6) is -0.369. The Bertz CT molecular complexity index is 820. The SMILES string of the molecule is CCOc1ccccc1NC(=O)c1cc([N+](=O)[O-])c(Cl)c([N+](=O)[O-])c1. The van der Waals surface area contributed by atoms with Crippen LogP contribution in [0.25, 0.3) is 0 Å². The van der Waals surface area contributed by atoms with Crippen LogP contribution in [0, 0.1) is 20.2 Å². The number of rotatable bonds is 6. The minimum atomic E-state index is -0.889. The number of ether oxygens (including phenoxy) is 1. The lowest BCUT2D eigenvalue weighted by Gasteiger charge is -2.11. The minimum absolute atomic E-state index is 0.269. The van der Waals surface area contributed by atoms with Gasteiger partial charge in [-0.1, -0.05) is 23.7 Å². The number of carbonyl (C=O) groups excluding carboxylic acids is 1. The zero-order valence-electron chi connectivity index (χ0n) is 12.9.